The fourth-order valence-corrected chi connectivity index (χ4v) is 4.46. The van der Waals surface area contributed by atoms with Crippen LogP contribution in [0.15, 0.2) is 36.4 Å². The fourth-order valence-electron chi connectivity index (χ4n) is 4.46. The summed E-state index contributed by atoms with van der Waals surface area (Å²) in [5.74, 6) is -2.26. The molecule has 220 valence electrons. The van der Waals surface area contributed by atoms with Crippen LogP contribution in [0.3, 0.4) is 0 Å². The first-order valence-electron chi connectivity index (χ1n) is 14.0. The number of β-amino-alcohol motifs (C(OH)–C–C–N with tert-alkyl or cyclic N) is 1. The van der Waals surface area contributed by atoms with E-state index in [4.69, 9.17) is 4.74 Å². The molecule has 2 atom stereocenters. The third-order valence-corrected chi connectivity index (χ3v) is 7.01. The number of aryl methyl sites for hydroxylation is 1. The molecule has 1 saturated carbocycles. The molecule has 9 heteroatoms. The van der Waals surface area contributed by atoms with Gasteiger partial charge in [-0.1, -0.05) is 20.8 Å². The zero-order valence-electron chi connectivity index (χ0n) is 24.2. The van der Waals surface area contributed by atoms with E-state index in [0.29, 0.717) is 30.9 Å². The number of carbonyl (C=O) groups excluding carboxylic acids is 2. The monoisotopic (exact) mass is 559 g/mol. The number of nitrogens with one attached hydrogen (secondary N) is 3. The van der Waals surface area contributed by atoms with Gasteiger partial charge in [0.15, 0.2) is 0 Å². The van der Waals surface area contributed by atoms with Crippen molar-refractivity contribution in [1.29, 1.82) is 0 Å². The molecule has 0 bridgehead atoms. The Morgan fingerprint density at radius 1 is 1.02 bits per heavy atom. The van der Waals surface area contributed by atoms with E-state index in [1.807, 2.05) is 0 Å². The van der Waals surface area contributed by atoms with E-state index < -0.39 is 29.7 Å². The number of halogens is 2. The molecule has 0 aliphatic heterocycles. The van der Waals surface area contributed by atoms with Gasteiger partial charge in [0.1, 0.15) is 11.6 Å². The van der Waals surface area contributed by atoms with Crippen LogP contribution in [0.1, 0.15) is 78.8 Å². The van der Waals surface area contributed by atoms with Crippen molar-refractivity contribution in [2.75, 3.05) is 26.3 Å². The van der Waals surface area contributed by atoms with Gasteiger partial charge in [-0.2, -0.15) is 0 Å². The van der Waals surface area contributed by atoms with Crippen LogP contribution in [0.25, 0.3) is 0 Å². The lowest BCUT2D eigenvalue weighted by Gasteiger charge is -2.27. The number of amides is 2. The highest BCUT2D eigenvalue weighted by molar-refractivity contribution is 6.00. The zero-order chi connectivity index (χ0) is 29.5. The van der Waals surface area contributed by atoms with Crippen molar-refractivity contribution in [1.82, 2.24) is 16.0 Å². The highest BCUT2D eigenvalue weighted by Crippen LogP contribution is 2.36. The maximum absolute atomic E-state index is 13.9. The third kappa shape index (κ3) is 9.94. The summed E-state index contributed by atoms with van der Waals surface area (Å²) >= 11 is 0. The largest absolute Gasteiger partial charge is 0.390 e. The molecule has 0 saturated heterocycles. The van der Waals surface area contributed by atoms with Crippen LogP contribution in [-0.2, 0) is 11.2 Å². The number of benzene rings is 2. The molecule has 40 heavy (non-hydrogen) atoms. The highest BCUT2D eigenvalue weighted by Gasteiger charge is 2.43. The predicted octanol–water partition coefficient (Wildman–Crippen LogP) is 4.30. The summed E-state index contributed by atoms with van der Waals surface area (Å²) in [4.78, 5) is 25.7. The highest BCUT2D eigenvalue weighted by atomic mass is 19.1. The second-order valence-electron chi connectivity index (χ2n) is 12.1. The van der Waals surface area contributed by atoms with Crippen LogP contribution < -0.4 is 16.0 Å². The standard InChI is InChI=1S/C31H43F2N3O4/c1-6-34-28(38)22-11-20(2)12-23(16-22)29(39)36-26(15-21-13-24(32)17-25(33)14-21)27(37)18-35-31(7-8-31)19-40-10-9-30(3,4)5/h11-14,16-17,26-27,35,37H,6-10,15,18-19H2,1-5H3,(H,34,38)(H,36,39). The first kappa shape index (κ1) is 31.6. The molecule has 0 radical (unpaired) electrons. The number of hydrogen-bond donors (Lipinski definition) is 4. The van der Waals surface area contributed by atoms with Crippen molar-refractivity contribution in [2.45, 2.75) is 78.0 Å². The molecule has 3 rings (SSSR count). The molecule has 2 aromatic carbocycles. The number of carbonyl (C=O) groups is 2. The van der Waals surface area contributed by atoms with Gasteiger partial charge < -0.3 is 25.8 Å². The van der Waals surface area contributed by atoms with Gasteiger partial charge in [-0.25, -0.2) is 8.78 Å². The van der Waals surface area contributed by atoms with Crippen LogP contribution in [0.2, 0.25) is 0 Å². The van der Waals surface area contributed by atoms with Crippen molar-refractivity contribution in [2.24, 2.45) is 5.41 Å². The number of ether oxygens (including phenoxy) is 1. The van der Waals surface area contributed by atoms with E-state index in [9.17, 15) is 23.5 Å². The van der Waals surface area contributed by atoms with Crippen molar-refractivity contribution in [3.8, 4) is 0 Å². The average molecular weight is 560 g/mol. The molecule has 7 nitrogen and oxygen atoms in total. The van der Waals surface area contributed by atoms with Crippen molar-refractivity contribution < 1.29 is 28.2 Å². The van der Waals surface area contributed by atoms with Gasteiger partial charge in [-0.3, -0.25) is 9.59 Å². The lowest BCUT2D eigenvalue weighted by atomic mass is 9.93. The second-order valence-corrected chi connectivity index (χ2v) is 12.1. The summed E-state index contributed by atoms with van der Waals surface area (Å²) in [6, 6.07) is 7.13. The topological polar surface area (TPSA) is 99.7 Å². The van der Waals surface area contributed by atoms with E-state index in [1.54, 1.807) is 26.0 Å². The minimum absolute atomic E-state index is 0.00728. The van der Waals surface area contributed by atoms with E-state index >= 15 is 0 Å². The summed E-state index contributed by atoms with van der Waals surface area (Å²) in [7, 11) is 0. The number of aliphatic hydroxyl groups is 1. The Bertz CT molecular complexity index is 1160. The quantitative estimate of drug-likeness (QED) is 0.259. The van der Waals surface area contributed by atoms with Gasteiger partial charge in [0.05, 0.1) is 18.8 Å². The summed E-state index contributed by atoms with van der Waals surface area (Å²) in [6.07, 6.45) is 1.70. The first-order chi connectivity index (χ1) is 18.8. The van der Waals surface area contributed by atoms with Crippen LogP contribution in [0.4, 0.5) is 8.78 Å². The zero-order valence-corrected chi connectivity index (χ0v) is 24.2. The Morgan fingerprint density at radius 3 is 2.23 bits per heavy atom. The fraction of sp³-hybridized carbons (Fsp3) is 0.548. The molecule has 0 aromatic heterocycles. The van der Waals surface area contributed by atoms with Crippen LogP contribution in [-0.4, -0.2) is 60.9 Å². The lowest BCUT2D eigenvalue weighted by Crippen LogP contribution is -2.51. The minimum Gasteiger partial charge on any atom is -0.390 e. The molecule has 1 fully saturated rings. The normalized spacial score (nSPS) is 15.8. The molecular weight excluding hydrogens is 516 g/mol. The Hall–Kier alpha value is -2.88. The Morgan fingerprint density at radius 2 is 1.65 bits per heavy atom. The third-order valence-electron chi connectivity index (χ3n) is 7.01. The average Bonchev–Trinajstić information content (AvgIpc) is 3.63. The molecule has 2 amide bonds. The van der Waals surface area contributed by atoms with E-state index in [0.717, 1.165) is 30.9 Å². The Balaban J connectivity index is 1.72. The van der Waals surface area contributed by atoms with E-state index in [2.05, 4.69) is 36.7 Å². The van der Waals surface area contributed by atoms with Crippen molar-refractivity contribution >= 4 is 11.8 Å². The summed E-state index contributed by atoms with van der Waals surface area (Å²) in [5.41, 5.74) is 1.59. The molecular formula is C31H43F2N3O4. The smallest absolute Gasteiger partial charge is 0.251 e. The van der Waals surface area contributed by atoms with E-state index in [-0.39, 0.29) is 35.4 Å². The minimum atomic E-state index is -1.06. The summed E-state index contributed by atoms with van der Waals surface area (Å²) in [5, 5.41) is 20.1. The molecule has 1 aliphatic rings. The Kier molecular flexibility index (Phi) is 10.8. The molecule has 2 aromatic rings. The van der Waals surface area contributed by atoms with Gasteiger partial charge >= 0.3 is 0 Å². The van der Waals surface area contributed by atoms with Crippen LogP contribution >= 0.6 is 0 Å². The molecule has 2 unspecified atom stereocenters. The molecule has 4 N–H and O–H groups in total. The van der Waals surface area contributed by atoms with Gasteiger partial charge in [-0.05, 0) is 86.4 Å². The lowest BCUT2D eigenvalue weighted by molar-refractivity contribution is 0.0686. The number of hydrogen-bond acceptors (Lipinski definition) is 5. The summed E-state index contributed by atoms with van der Waals surface area (Å²) < 4.78 is 33.7. The number of aliphatic hydroxyl groups excluding tert-OH is 1. The first-order valence-corrected chi connectivity index (χ1v) is 14.0. The van der Waals surface area contributed by atoms with Crippen molar-refractivity contribution in [3.63, 3.8) is 0 Å². The molecule has 1 aliphatic carbocycles. The predicted molar refractivity (Wildman–Crippen MR) is 151 cm³/mol. The van der Waals surface area contributed by atoms with Crippen molar-refractivity contribution in [3.05, 3.63) is 70.3 Å². The van der Waals surface area contributed by atoms with Gasteiger partial charge in [0.25, 0.3) is 11.8 Å². The van der Waals surface area contributed by atoms with Gasteiger partial charge in [-0.15, -0.1) is 0 Å². The van der Waals surface area contributed by atoms with Crippen LogP contribution in [0.5, 0.6) is 0 Å². The Labute approximate surface area is 236 Å². The molecule has 0 heterocycles. The second kappa shape index (κ2) is 13.7. The van der Waals surface area contributed by atoms with Gasteiger partial charge in [0.2, 0.25) is 0 Å². The maximum atomic E-state index is 13.9. The van der Waals surface area contributed by atoms with Crippen LogP contribution in [0, 0.1) is 24.0 Å². The maximum Gasteiger partial charge on any atom is 0.251 e. The van der Waals surface area contributed by atoms with E-state index in [1.165, 1.54) is 18.2 Å². The summed E-state index contributed by atoms with van der Waals surface area (Å²) in [6.45, 7) is 11.8. The van der Waals surface area contributed by atoms with Gasteiger partial charge in [0, 0.05) is 42.4 Å². The molecule has 0 spiro atoms. The SMILES string of the molecule is CCNC(=O)c1cc(C)cc(C(=O)NC(Cc2cc(F)cc(F)c2)C(O)CNC2(COCCC(C)(C)C)CC2)c1. The number of rotatable bonds is 14.